The van der Waals surface area contributed by atoms with Crippen molar-refractivity contribution in [1.29, 1.82) is 0 Å². The maximum Gasteiger partial charge on any atom is 0.305 e. The summed E-state index contributed by atoms with van der Waals surface area (Å²) in [6.45, 7) is 4.18. The molecule has 192 valence electrons. The Labute approximate surface area is 207 Å². The third kappa shape index (κ3) is 9.22. The molecule has 0 aliphatic carbocycles. The second-order valence-corrected chi connectivity index (χ2v) is 8.82. The number of aromatic hydroxyl groups is 1. The van der Waals surface area contributed by atoms with E-state index in [1.54, 1.807) is 19.1 Å². The van der Waals surface area contributed by atoms with Crippen molar-refractivity contribution in [1.82, 2.24) is 10.6 Å². The number of hydrogen-bond donors (Lipinski definition) is 5. The summed E-state index contributed by atoms with van der Waals surface area (Å²) in [6.07, 6.45) is 1.35. The molecule has 4 unspecified atom stereocenters. The van der Waals surface area contributed by atoms with Gasteiger partial charge in [-0.25, -0.2) is 0 Å². The minimum atomic E-state index is -1.09. The van der Waals surface area contributed by atoms with Gasteiger partial charge in [0.25, 0.3) is 0 Å². The van der Waals surface area contributed by atoms with Gasteiger partial charge in [0.15, 0.2) is 0 Å². The zero-order chi connectivity index (χ0) is 25.8. The molecule has 2 aromatic rings. The quantitative estimate of drug-likeness (QED) is 0.245. The van der Waals surface area contributed by atoms with E-state index in [1.165, 1.54) is 13.2 Å². The molecule has 2 aromatic carbocycles. The fourth-order valence-corrected chi connectivity index (χ4v) is 4.05. The van der Waals surface area contributed by atoms with E-state index in [2.05, 4.69) is 17.6 Å². The van der Waals surface area contributed by atoms with Gasteiger partial charge < -0.3 is 30.7 Å². The number of carbonyl (C=O) groups is 2. The van der Waals surface area contributed by atoms with Crippen molar-refractivity contribution in [2.24, 2.45) is 0 Å². The minimum Gasteiger partial charge on any atom is -0.508 e. The highest BCUT2D eigenvalue weighted by molar-refractivity contribution is 5.86. The number of ether oxygens (including phenoxy) is 1. The fourth-order valence-electron chi connectivity index (χ4n) is 4.05. The molecular weight excluding hydrogens is 448 g/mol. The number of aryl methyl sites for hydroxylation is 1. The summed E-state index contributed by atoms with van der Waals surface area (Å²) in [6, 6.07) is 13.6. The van der Waals surface area contributed by atoms with Gasteiger partial charge in [0.2, 0.25) is 5.91 Å². The van der Waals surface area contributed by atoms with E-state index in [4.69, 9.17) is 4.74 Å². The molecule has 0 spiro atoms. The first-order valence-electron chi connectivity index (χ1n) is 12.1. The average molecular weight is 487 g/mol. The number of benzene rings is 2. The lowest BCUT2D eigenvalue weighted by atomic mass is 9.89. The molecule has 0 aromatic heterocycles. The molecule has 0 bridgehead atoms. The number of amides is 1. The SMILES string of the molecule is CCC(CC(O)C(C)NC(=O)C(CC(=O)O)NCCCc1ccc(OC)cc1O)c1ccccc1. The summed E-state index contributed by atoms with van der Waals surface area (Å²) in [5, 5.41) is 35.8. The summed E-state index contributed by atoms with van der Waals surface area (Å²) in [4.78, 5) is 24.1. The van der Waals surface area contributed by atoms with Crippen molar-refractivity contribution in [3.63, 3.8) is 0 Å². The van der Waals surface area contributed by atoms with E-state index < -0.39 is 30.1 Å². The van der Waals surface area contributed by atoms with Crippen molar-refractivity contribution >= 4 is 11.9 Å². The summed E-state index contributed by atoms with van der Waals surface area (Å²) < 4.78 is 5.08. The van der Waals surface area contributed by atoms with Crippen molar-refractivity contribution in [3.05, 3.63) is 59.7 Å². The van der Waals surface area contributed by atoms with Gasteiger partial charge in [0, 0.05) is 6.07 Å². The number of aliphatic hydroxyl groups excluding tert-OH is 1. The van der Waals surface area contributed by atoms with Crippen LogP contribution in [0.5, 0.6) is 11.5 Å². The van der Waals surface area contributed by atoms with Gasteiger partial charge >= 0.3 is 5.97 Å². The van der Waals surface area contributed by atoms with E-state index >= 15 is 0 Å². The molecule has 0 saturated carbocycles. The Morgan fingerprint density at radius 2 is 1.83 bits per heavy atom. The Bertz CT molecular complexity index is 937. The van der Waals surface area contributed by atoms with E-state index in [0.717, 1.165) is 17.5 Å². The smallest absolute Gasteiger partial charge is 0.305 e. The van der Waals surface area contributed by atoms with Crippen LogP contribution in [-0.2, 0) is 16.0 Å². The maximum atomic E-state index is 12.8. The van der Waals surface area contributed by atoms with Crippen LogP contribution in [0.1, 0.15) is 56.6 Å². The Balaban J connectivity index is 1.88. The third-order valence-corrected chi connectivity index (χ3v) is 6.24. The highest BCUT2D eigenvalue weighted by Crippen LogP contribution is 2.26. The molecule has 0 saturated heterocycles. The van der Waals surface area contributed by atoms with Crippen molar-refractivity contribution < 1.29 is 29.6 Å². The second-order valence-electron chi connectivity index (χ2n) is 8.82. The molecular formula is C27H38N2O6. The Hall–Kier alpha value is -3.10. The van der Waals surface area contributed by atoms with Crippen LogP contribution in [0.25, 0.3) is 0 Å². The van der Waals surface area contributed by atoms with Gasteiger partial charge in [-0.15, -0.1) is 0 Å². The van der Waals surface area contributed by atoms with Crippen LogP contribution in [0, 0.1) is 0 Å². The minimum absolute atomic E-state index is 0.132. The number of aliphatic hydroxyl groups is 1. The number of aliphatic carboxylic acids is 1. The lowest BCUT2D eigenvalue weighted by molar-refractivity contribution is -0.140. The highest BCUT2D eigenvalue weighted by Gasteiger charge is 2.26. The lowest BCUT2D eigenvalue weighted by Gasteiger charge is -2.26. The van der Waals surface area contributed by atoms with E-state index in [0.29, 0.717) is 31.6 Å². The predicted molar refractivity (Wildman–Crippen MR) is 135 cm³/mol. The Kier molecular flexibility index (Phi) is 11.5. The predicted octanol–water partition coefficient (Wildman–Crippen LogP) is 3.22. The molecule has 4 atom stereocenters. The van der Waals surface area contributed by atoms with Gasteiger partial charge in [-0.1, -0.05) is 43.3 Å². The molecule has 0 radical (unpaired) electrons. The first kappa shape index (κ1) is 28.1. The fraction of sp³-hybridized carbons (Fsp3) is 0.481. The maximum absolute atomic E-state index is 12.8. The number of carbonyl (C=O) groups excluding carboxylic acids is 1. The van der Waals surface area contributed by atoms with Gasteiger partial charge in [-0.2, -0.15) is 0 Å². The zero-order valence-corrected chi connectivity index (χ0v) is 20.7. The van der Waals surface area contributed by atoms with Crippen LogP contribution in [0.4, 0.5) is 0 Å². The average Bonchev–Trinajstić information content (AvgIpc) is 2.85. The largest absolute Gasteiger partial charge is 0.508 e. The summed E-state index contributed by atoms with van der Waals surface area (Å²) in [5.74, 6) is -0.693. The van der Waals surface area contributed by atoms with Gasteiger partial charge in [-0.05, 0) is 62.3 Å². The summed E-state index contributed by atoms with van der Waals surface area (Å²) in [5.41, 5.74) is 1.88. The molecule has 8 heteroatoms. The second kappa shape index (κ2) is 14.3. The molecule has 1 amide bonds. The first-order chi connectivity index (χ1) is 16.7. The number of rotatable bonds is 15. The number of phenolic OH excluding ortho intramolecular Hbond substituents is 1. The normalized spacial score (nSPS) is 14.5. The Morgan fingerprint density at radius 1 is 1.11 bits per heavy atom. The number of carboxylic acids is 1. The van der Waals surface area contributed by atoms with Gasteiger partial charge in [-0.3, -0.25) is 9.59 Å². The number of phenols is 1. The lowest BCUT2D eigenvalue weighted by Crippen LogP contribution is -2.51. The standard InChI is InChI=1S/C27H38N2O6/c1-4-19(20-9-6-5-7-10-20)15-24(30)18(2)29-27(34)23(17-26(32)33)28-14-8-11-21-12-13-22(35-3)16-25(21)31/h5-7,9-10,12-13,16,18-19,23-24,28,30-31H,4,8,11,14-15,17H2,1-3H3,(H,29,34)(H,32,33). The molecule has 0 aliphatic heterocycles. The van der Waals surface area contributed by atoms with Crippen LogP contribution >= 0.6 is 0 Å². The monoisotopic (exact) mass is 486 g/mol. The number of hydrogen-bond acceptors (Lipinski definition) is 6. The topological polar surface area (TPSA) is 128 Å². The van der Waals surface area contributed by atoms with E-state index in [-0.39, 0.29) is 18.1 Å². The molecule has 0 aliphatic rings. The molecule has 0 heterocycles. The summed E-state index contributed by atoms with van der Waals surface area (Å²) >= 11 is 0. The van der Waals surface area contributed by atoms with Gasteiger partial charge in [0.1, 0.15) is 11.5 Å². The first-order valence-corrected chi connectivity index (χ1v) is 12.1. The molecule has 0 fully saturated rings. The van der Waals surface area contributed by atoms with Crippen molar-refractivity contribution in [2.45, 2.75) is 70.1 Å². The Morgan fingerprint density at radius 3 is 2.43 bits per heavy atom. The van der Waals surface area contributed by atoms with Gasteiger partial charge in [0.05, 0.1) is 31.7 Å². The third-order valence-electron chi connectivity index (χ3n) is 6.24. The van der Waals surface area contributed by atoms with Crippen molar-refractivity contribution in [2.75, 3.05) is 13.7 Å². The zero-order valence-electron chi connectivity index (χ0n) is 20.7. The van der Waals surface area contributed by atoms with Crippen LogP contribution in [0.3, 0.4) is 0 Å². The number of methoxy groups -OCH3 is 1. The van der Waals surface area contributed by atoms with Crippen LogP contribution in [0.15, 0.2) is 48.5 Å². The molecule has 2 rings (SSSR count). The van der Waals surface area contributed by atoms with E-state index in [1.807, 2.05) is 30.3 Å². The van der Waals surface area contributed by atoms with Crippen LogP contribution < -0.4 is 15.4 Å². The van der Waals surface area contributed by atoms with Crippen molar-refractivity contribution in [3.8, 4) is 11.5 Å². The van der Waals surface area contributed by atoms with E-state index in [9.17, 15) is 24.9 Å². The number of nitrogens with one attached hydrogen (secondary N) is 2. The number of carboxylic acid groups (broad SMARTS) is 1. The molecule has 8 nitrogen and oxygen atoms in total. The highest BCUT2D eigenvalue weighted by atomic mass is 16.5. The van der Waals surface area contributed by atoms with Crippen LogP contribution in [0.2, 0.25) is 0 Å². The molecule has 5 N–H and O–H groups in total. The molecule has 35 heavy (non-hydrogen) atoms. The summed E-state index contributed by atoms with van der Waals surface area (Å²) in [7, 11) is 1.53. The van der Waals surface area contributed by atoms with Crippen LogP contribution in [-0.4, -0.2) is 59.0 Å².